The number of imidazole rings is 1. The van der Waals surface area contributed by atoms with E-state index in [0.29, 0.717) is 12.1 Å². The van der Waals surface area contributed by atoms with Gasteiger partial charge in [-0.1, -0.05) is 0 Å². The summed E-state index contributed by atoms with van der Waals surface area (Å²) in [5.74, 6) is 0.852. The largest absolute Gasteiger partial charge is 0.385 e. The van der Waals surface area contributed by atoms with E-state index in [0.717, 1.165) is 97.8 Å². The first-order valence-corrected chi connectivity index (χ1v) is 13.9. The first-order chi connectivity index (χ1) is 17.5. The fraction of sp³-hybridized carbons (Fsp3) is 0.556. The Morgan fingerprint density at radius 3 is 2.64 bits per heavy atom. The number of hydrogen-bond donors (Lipinski definition) is 2. The van der Waals surface area contributed by atoms with Gasteiger partial charge in [-0.3, -0.25) is 4.90 Å². The molecule has 2 N–H and O–H groups in total. The molecule has 0 aliphatic carbocycles. The van der Waals surface area contributed by atoms with Gasteiger partial charge in [0.2, 0.25) is 0 Å². The molecule has 2 aliphatic heterocycles. The van der Waals surface area contributed by atoms with Gasteiger partial charge in [0.15, 0.2) is 5.65 Å². The van der Waals surface area contributed by atoms with E-state index in [1.165, 1.54) is 5.69 Å². The second-order valence-electron chi connectivity index (χ2n) is 10.2. The van der Waals surface area contributed by atoms with Crippen LogP contribution in [-0.2, 0) is 4.74 Å². The molecule has 2 saturated heterocycles. The number of H-pyrrole nitrogens is 1. The number of pyridine rings is 1. The number of hydrogen-bond acceptors (Lipinski definition) is 7. The zero-order chi connectivity index (χ0) is 25.1. The Morgan fingerprint density at radius 1 is 1.14 bits per heavy atom. The molecule has 194 valence electrons. The van der Waals surface area contributed by atoms with Crippen molar-refractivity contribution in [1.82, 2.24) is 24.8 Å². The molecule has 9 heteroatoms. The van der Waals surface area contributed by atoms with Crippen molar-refractivity contribution >= 4 is 38.5 Å². The molecular formula is C27H38BrN7O. The highest BCUT2D eigenvalue weighted by Gasteiger charge is 2.24. The summed E-state index contributed by atoms with van der Waals surface area (Å²) in [6, 6.07) is 9.76. The average Bonchev–Trinajstić information content (AvgIpc) is 3.33. The molecule has 0 bridgehead atoms. The van der Waals surface area contributed by atoms with Crippen molar-refractivity contribution in [1.29, 1.82) is 0 Å². The Morgan fingerprint density at radius 2 is 1.92 bits per heavy atom. The van der Waals surface area contributed by atoms with Gasteiger partial charge in [0.25, 0.3) is 0 Å². The fourth-order valence-corrected chi connectivity index (χ4v) is 5.77. The monoisotopic (exact) mass is 555 g/mol. The minimum Gasteiger partial charge on any atom is -0.385 e. The topological polar surface area (TPSA) is 72.6 Å². The molecule has 2 aromatic heterocycles. The van der Waals surface area contributed by atoms with Crippen molar-refractivity contribution in [2.75, 3.05) is 70.2 Å². The first kappa shape index (κ1) is 25.4. The summed E-state index contributed by atoms with van der Waals surface area (Å²) in [4.78, 5) is 20.4. The molecule has 1 aromatic carbocycles. The van der Waals surface area contributed by atoms with E-state index in [9.17, 15) is 0 Å². The molecule has 0 radical (unpaired) electrons. The summed E-state index contributed by atoms with van der Waals surface area (Å²) in [7, 11) is 3.96. The molecule has 2 fully saturated rings. The molecule has 2 aliphatic rings. The average molecular weight is 557 g/mol. The number of benzene rings is 1. The Balaban J connectivity index is 1.28. The minimum atomic E-state index is 0.449. The van der Waals surface area contributed by atoms with Crippen LogP contribution >= 0.6 is 15.9 Å². The number of piperidine rings is 1. The van der Waals surface area contributed by atoms with Gasteiger partial charge in [0.1, 0.15) is 11.3 Å². The maximum Gasteiger partial charge on any atom is 0.159 e. The van der Waals surface area contributed by atoms with E-state index in [4.69, 9.17) is 9.72 Å². The van der Waals surface area contributed by atoms with E-state index < -0.39 is 0 Å². The third kappa shape index (κ3) is 5.69. The number of aromatic nitrogens is 3. The molecule has 1 unspecified atom stereocenters. The van der Waals surface area contributed by atoms with E-state index >= 15 is 0 Å². The van der Waals surface area contributed by atoms with Gasteiger partial charge in [0.05, 0.1) is 10.2 Å². The highest BCUT2D eigenvalue weighted by molar-refractivity contribution is 9.10. The molecule has 8 nitrogen and oxygen atoms in total. The molecular weight excluding hydrogens is 518 g/mol. The number of likely N-dealkylation sites (tertiary alicyclic amines) is 1. The van der Waals surface area contributed by atoms with Crippen LogP contribution in [0.25, 0.3) is 22.6 Å². The lowest BCUT2D eigenvalue weighted by Crippen LogP contribution is -2.52. The predicted octanol–water partition coefficient (Wildman–Crippen LogP) is 4.44. The Kier molecular flexibility index (Phi) is 8.10. The summed E-state index contributed by atoms with van der Waals surface area (Å²) in [6.07, 6.45) is 5.21. The van der Waals surface area contributed by atoms with Crippen molar-refractivity contribution in [3.05, 3.63) is 34.9 Å². The standard InChI is InChI=1S/C27H38BrN7O/c1-19-18-35(15-14-34(19)11-4-16-36-3)22-7-5-20(6-8-22)26-31-25-24(23(28)17-29-27(25)32-26)30-21-9-12-33(2)13-10-21/h5-8,17,19,21H,4,9-16,18H2,1-3H3,(H2,29,30,31,32). The molecule has 4 heterocycles. The lowest BCUT2D eigenvalue weighted by molar-refractivity contribution is 0.146. The van der Waals surface area contributed by atoms with Crippen LogP contribution < -0.4 is 10.2 Å². The van der Waals surface area contributed by atoms with Gasteiger partial charge >= 0.3 is 0 Å². The minimum absolute atomic E-state index is 0.449. The van der Waals surface area contributed by atoms with Crippen LogP contribution in [0.5, 0.6) is 0 Å². The molecule has 0 amide bonds. The van der Waals surface area contributed by atoms with Crippen molar-refractivity contribution < 1.29 is 4.74 Å². The van der Waals surface area contributed by atoms with Gasteiger partial charge in [-0.25, -0.2) is 9.97 Å². The maximum absolute atomic E-state index is 5.22. The summed E-state index contributed by atoms with van der Waals surface area (Å²) in [5, 5.41) is 3.74. The van der Waals surface area contributed by atoms with Crippen molar-refractivity contribution in [3.63, 3.8) is 0 Å². The third-order valence-electron chi connectivity index (χ3n) is 7.60. The van der Waals surface area contributed by atoms with Gasteiger partial charge in [0, 0.05) is 69.4 Å². The van der Waals surface area contributed by atoms with Crippen LogP contribution in [0.4, 0.5) is 11.4 Å². The lowest BCUT2D eigenvalue weighted by atomic mass is 10.1. The Bertz CT molecular complexity index is 1140. The van der Waals surface area contributed by atoms with E-state index in [-0.39, 0.29) is 0 Å². The number of piperazine rings is 1. The number of methoxy groups -OCH3 is 1. The van der Waals surface area contributed by atoms with Crippen molar-refractivity contribution in [2.45, 2.75) is 38.3 Å². The van der Waals surface area contributed by atoms with Gasteiger partial charge in [-0.2, -0.15) is 0 Å². The van der Waals surface area contributed by atoms with Crippen molar-refractivity contribution in [2.24, 2.45) is 0 Å². The SMILES string of the molecule is COCCCN1CCN(c2ccc(-c3nc4c(NC5CCN(C)CC5)c(Br)cnc4[nH]3)cc2)CC1C. The quantitative estimate of drug-likeness (QED) is 0.398. The predicted molar refractivity (Wildman–Crippen MR) is 151 cm³/mol. The van der Waals surface area contributed by atoms with Crippen LogP contribution in [-0.4, -0.2) is 96.9 Å². The Hall–Kier alpha value is -2.20. The maximum atomic E-state index is 5.22. The molecule has 3 aromatic rings. The van der Waals surface area contributed by atoms with Crippen LogP contribution in [0.15, 0.2) is 34.9 Å². The smallest absolute Gasteiger partial charge is 0.159 e. The van der Waals surface area contributed by atoms with Crippen molar-refractivity contribution in [3.8, 4) is 11.4 Å². The van der Waals surface area contributed by atoms with Gasteiger partial charge in [-0.15, -0.1) is 0 Å². The molecule has 0 spiro atoms. The highest BCUT2D eigenvalue weighted by atomic mass is 79.9. The second kappa shape index (κ2) is 11.5. The zero-order valence-corrected chi connectivity index (χ0v) is 23.2. The van der Waals surface area contributed by atoms with Crippen LogP contribution in [0.2, 0.25) is 0 Å². The number of aromatic amines is 1. The first-order valence-electron chi connectivity index (χ1n) is 13.1. The third-order valence-corrected chi connectivity index (χ3v) is 8.20. The summed E-state index contributed by atoms with van der Waals surface area (Å²) >= 11 is 3.70. The number of rotatable bonds is 8. The second-order valence-corrected chi connectivity index (χ2v) is 11.1. The van der Waals surface area contributed by atoms with Crippen LogP contribution in [0, 0.1) is 0 Å². The summed E-state index contributed by atoms with van der Waals surface area (Å²) in [5.41, 5.74) is 5.08. The van der Waals surface area contributed by atoms with Gasteiger partial charge < -0.3 is 24.8 Å². The van der Waals surface area contributed by atoms with Gasteiger partial charge in [-0.05, 0) is 86.5 Å². The summed E-state index contributed by atoms with van der Waals surface area (Å²) in [6.45, 7) is 9.66. The Labute approximate surface area is 222 Å². The summed E-state index contributed by atoms with van der Waals surface area (Å²) < 4.78 is 6.18. The van der Waals surface area contributed by atoms with E-state index in [1.54, 1.807) is 7.11 Å². The number of anilines is 2. The number of ether oxygens (including phenoxy) is 1. The number of nitrogens with one attached hydrogen (secondary N) is 2. The lowest BCUT2D eigenvalue weighted by Gasteiger charge is -2.41. The van der Waals surface area contributed by atoms with E-state index in [1.807, 2.05) is 6.20 Å². The fourth-order valence-electron chi connectivity index (χ4n) is 5.37. The number of halogens is 1. The number of fused-ring (bicyclic) bond motifs is 1. The zero-order valence-electron chi connectivity index (χ0n) is 21.6. The molecule has 1 atom stereocenters. The molecule has 0 saturated carbocycles. The highest BCUT2D eigenvalue weighted by Crippen LogP contribution is 2.33. The van der Waals surface area contributed by atoms with Crippen LogP contribution in [0.3, 0.4) is 0 Å². The number of nitrogens with zero attached hydrogens (tertiary/aromatic N) is 5. The van der Waals surface area contributed by atoms with E-state index in [2.05, 4.69) is 84.2 Å². The molecule has 5 rings (SSSR count). The normalized spacial score (nSPS) is 20.3. The molecule has 36 heavy (non-hydrogen) atoms. The van der Waals surface area contributed by atoms with Crippen LogP contribution in [0.1, 0.15) is 26.2 Å².